The van der Waals surface area contributed by atoms with Crippen molar-refractivity contribution in [1.29, 1.82) is 0 Å². The van der Waals surface area contributed by atoms with Gasteiger partial charge in [-0.25, -0.2) is 0 Å². The quantitative estimate of drug-likeness (QED) is 0.786. The van der Waals surface area contributed by atoms with Gasteiger partial charge in [-0.15, -0.1) is 11.8 Å². The van der Waals surface area contributed by atoms with Crippen molar-refractivity contribution in [3.8, 4) is 0 Å². The Morgan fingerprint density at radius 3 is 2.32 bits per heavy atom. The summed E-state index contributed by atoms with van der Waals surface area (Å²) in [5, 5.41) is 3.88. The van der Waals surface area contributed by atoms with Crippen LogP contribution in [0.15, 0.2) is 12.3 Å². The lowest BCUT2D eigenvalue weighted by atomic mass is 9.87. The van der Waals surface area contributed by atoms with Gasteiger partial charge < -0.3 is 0 Å². The van der Waals surface area contributed by atoms with E-state index in [1.807, 2.05) is 16.7 Å². The average Bonchev–Trinajstić information content (AvgIpc) is 2.60. The molecule has 0 aromatic rings. The van der Waals surface area contributed by atoms with Crippen LogP contribution in [-0.4, -0.2) is 32.5 Å². The largest absolute Gasteiger partial charge is 0.299 e. The predicted molar refractivity (Wildman–Crippen MR) is 82.0 cm³/mol. The van der Waals surface area contributed by atoms with Gasteiger partial charge in [0.05, 0.1) is 4.75 Å². The molecule has 2 rings (SSSR count). The van der Waals surface area contributed by atoms with Crippen LogP contribution in [-0.2, 0) is 4.79 Å². The lowest BCUT2D eigenvalue weighted by Gasteiger charge is -2.47. The molecular formula is C15H26N2OS. The van der Waals surface area contributed by atoms with Crippen LogP contribution in [0.4, 0.5) is 0 Å². The van der Waals surface area contributed by atoms with E-state index in [1.165, 1.54) is 0 Å². The number of carbonyl (C=O) groups excluding carboxylic acids is 1. The summed E-state index contributed by atoms with van der Waals surface area (Å²) in [4.78, 5) is 14.2. The van der Waals surface area contributed by atoms with Crippen LogP contribution in [0.1, 0.15) is 53.9 Å². The Balaban J connectivity index is 2.13. The zero-order valence-corrected chi connectivity index (χ0v) is 13.6. The maximum Gasteiger partial charge on any atom is 0.248 e. The van der Waals surface area contributed by atoms with E-state index in [4.69, 9.17) is 0 Å². The standard InChI is InChI=1S/C15H26N2OS/c1-7-15(8-2,9-3)16-11-12(18)17-10(4)14(5,6)19-13(11)17/h11,13,16H,4,7-9H2,1-3,5-6H3/t11-,13-/m1/s1. The molecule has 1 amide bonds. The third-order valence-corrected chi connectivity index (χ3v) is 6.49. The third kappa shape index (κ3) is 2.13. The van der Waals surface area contributed by atoms with Crippen molar-refractivity contribution >= 4 is 17.7 Å². The van der Waals surface area contributed by atoms with Gasteiger partial charge in [-0.1, -0.05) is 27.4 Å². The molecule has 0 spiro atoms. The van der Waals surface area contributed by atoms with Crippen molar-refractivity contribution in [1.82, 2.24) is 10.2 Å². The highest BCUT2D eigenvalue weighted by atomic mass is 32.2. The fraction of sp³-hybridized carbons (Fsp3) is 0.800. The average molecular weight is 282 g/mol. The lowest BCUT2D eigenvalue weighted by Crippen LogP contribution is -2.69. The second-order valence-electron chi connectivity index (χ2n) is 6.14. The number of nitrogens with one attached hydrogen (secondary N) is 1. The molecule has 0 aliphatic carbocycles. The monoisotopic (exact) mass is 282 g/mol. The first-order valence-corrected chi connectivity index (χ1v) is 8.18. The molecule has 2 heterocycles. The molecule has 0 saturated carbocycles. The highest BCUT2D eigenvalue weighted by Crippen LogP contribution is 2.52. The van der Waals surface area contributed by atoms with Crippen LogP contribution in [0.5, 0.6) is 0 Å². The van der Waals surface area contributed by atoms with E-state index >= 15 is 0 Å². The molecule has 0 unspecified atom stereocenters. The summed E-state index contributed by atoms with van der Waals surface area (Å²) in [7, 11) is 0. The minimum atomic E-state index is -0.0385. The summed E-state index contributed by atoms with van der Waals surface area (Å²) >= 11 is 1.85. The molecule has 0 radical (unpaired) electrons. The lowest BCUT2D eigenvalue weighted by molar-refractivity contribution is -0.143. The van der Waals surface area contributed by atoms with Gasteiger partial charge in [0.1, 0.15) is 11.4 Å². The van der Waals surface area contributed by atoms with Crippen LogP contribution in [0, 0.1) is 0 Å². The number of fused-ring (bicyclic) bond motifs is 1. The van der Waals surface area contributed by atoms with Crippen LogP contribution in [0.3, 0.4) is 0 Å². The molecule has 2 saturated heterocycles. The molecule has 1 N–H and O–H groups in total. The second-order valence-corrected chi connectivity index (χ2v) is 7.88. The van der Waals surface area contributed by atoms with Gasteiger partial charge in [0.15, 0.2) is 0 Å². The number of nitrogens with zero attached hydrogens (tertiary/aromatic N) is 1. The molecule has 108 valence electrons. The molecular weight excluding hydrogens is 256 g/mol. The maximum atomic E-state index is 12.4. The summed E-state index contributed by atoms with van der Waals surface area (Å²) in [5.74, 6) is 0.202. The first-order valence-electron chi connectivity index (χ1n) is 7.30. The number of carbonyl (C=O) groups is 1. The van der Waals surface area contributed by atoms with Gasteiger partial charge in [-0.3, -0.25) is 15.0 Å². The van der Waals surface area contributed by atoms with Crippen LogP contribution in [0.2, 0.25) is 0 Å². The number of hydrogen-bond acceptors (Lipinski definition) is 3. The molecule has 2 aliphatic rings. The first-order chi connectivity index (χ1) is 8.82. The molecule has 0 bridgehead atoms. The summed E-state index contributed by atoms with van der Waals surface area (Å²) in [6.45, 7) is 15.0. The van der Waals surface area contributed by atoms with Gasteiger partial charge in [0, 0.05) is 11.2 Å². The fourth-order valence-electron chi connectivity index (χ4n) is 3.05. The van der Waals surface area contributed by atoms with E-state index in [-0.39, 0.29) is 27.6 Å². The number of thioether (sulfide) groups is 1. The van der Waals surface area contributed by atoms with Crippen LogP contribution in [0.25, 0.3) is 0 Å². The smallest absolute Gasteiger partial charge is 0.248 e. The van der Waals surface area contributed by atoms with Crippen LogP contribution < -0.4 is 5.32 Å². The maximum absolute atomic E-state index is 12.4. The van der Waals surface area contributed by atoms with Crippen molar-refractivity contribution in [3.05, 3.63) is 12.3 Å². The Bertz CT molecular complexity index is 393. The predicted octanol–water partition coefficient (Wildman–Crippen LogP) is 3.12. The third-order valence-electron chi connectivity index (χ3n) is 4.94. The van der Waals surface area contributed by atoms with Crippen molar-refractivity contribution in [2.24, 2.45) is 0 Å². The van der Waals surface area contributed by atoms with Crippen molar-refractivity contribution < 1.29 is 4.79 Å². The molecule has 2 atom stereocenters. The number of β-lactam (4-membered cyclic amide) rings is 1. The molecule has 4 heteroatoms. The molecule has 2 fully saturated rings. The van der Waals surface area contributed by atoms with E-state index < -0.39 is 0 Å². The minimum absolute atomic E-state index is 0.0237. The number of amides is 1. The summed E-state index contributed by atoms with van der Waals surface area (Å²) < 4.78 is -0.0237. The summed E-state index contributed by atoms with van der Waals surface area (Å²) in [6.07, 6.45) is 3.18. The van der Waals surface area contributed by atoms with Gasteiger partial charge >= 0.3 is 0 Å². The Morgan fingerprint density at radius 2 is 1.84 bits per heavy atom. The molecule has 0 aromatic heterocycles. The fourth-order valence-corrected chi connectivity index (χ4v) is 4.55. The Labute approximate surface area is 121 Å². The minimum Gasteiger partial charge on any atom is -0.299 e. The van der Waals surface area contributed by atoms with Gasteiger partial charge in [0.25, 0.3) is 0 Å². The Kier molecular flexibility index (Phi) is 3.78. The SMILES string of the molecule is C=C1N2C(=O)[C@@H](NC(CC)(CC)CC)[C@H]2SC1(C)C. The summed E-state index contributed by atoms with van der Waals surface area (Å²) in [6, 6.07) is -0.0385. The van der Waals surface area contributed by atoms with Gasteiger partial charge in [0.2, 0.25) is 5.91 Å². The second kappa shape index (κ2) is 4.81. The Morgan fingerprint density at radius 1 is 1.32 bits per heavy atom. The highest BCUT2D eigenvalue weighted by molar-refractivity contribution is 8.01. The van der Waals surface area contributed by atoms with Crippen LogP contribution >= 0.6 is 11.8 Å². The van der Waals surface area contributed by atoms with E-state index in [0.717, 1.165) is 25.0 Å². The molecule has 3 nitrogen and oxygen atoms in total. The Hall–Kier alpha value is -0.480. The molecule has 19 heavy (non-hydrogen) atoms. The van der Waals surface area contributed by atoms with Crippen molar-refractivity contribution in [3.63, 3.8) is 0 Å². The zero-order valence-electron chi connectivity index (χ0n) is 12.7. The van der Waals surface area contributed by atoms with Crippen molar-refractivity contribution in [2.45, 2.75) is 75.6 Å². The normalized spacial score (nSPS) is 29.4. The van der Waals surface area contributed by atoms with Gasteiger partial charge in [-0.05, 0) is 33.1 Å². The van der Waals surface area contributed by atoms with E-state index in [0.29, 0.717) is 0 Å². The van der Waals surface area contributed by atoms with E-state index in [2.05, 4.69) is 46.5 Å². The summed E-state index contributed by atoms with van der Waals surface area (Å²) in [5.41, 5.74) is 1.06. The van der Waals surface area contributed by atoms with E-state index in [9.17, 15) is 4.79 Å². The van der Waals surface area contributed by atoms with Crippen molar-refractivity contribution in [2.75, 3.05) is 0 Å². The molecule has 2 aliphatic heterocycles. The number of hydrogen-bond donors (Lipinski definition) is 1. The first kappa shape index (κ1) is 14.9. The van der Waals surface area contributed by atoms with Gasteiger partial charge in [-0.2, -0.15) is 0 Å². The topological polar surface area (TPSA) is 32.3 Å². The highest BCUT2D eigenvalue weighted by Gasteiger charge is 2.59. The molecule has 0 aromatic carbocycles. The zero-order chi connectivity index (χ0) is 14.4. The number of rotatable bonds is 5. The van der Waals surface area contributed by atoms with E-state index in [1.54, 1.807) is 0 Å².